The van der Waals surface area contributed by atoms with E-state index >= 15 is 0 Å². The maximum Gasteiger partial charge on any atom is 0.319 e. The number of carbonyl (C=O) groups excluding carboxylic acids is 1. The third kappa shape index (κ3) is 4.95. The fraction of sp³-hybridized carbons (Fsp3) is 0.542. The summed E-state index contributed by atoms with van der Waals surface area (Å²) in [6.45, 7) is 10.7. The van der Waals surface area contributed by atoms with Gasteiger partial charge in [0.15, 0.2) is 5.82 Å². The molecule has 33 heavy (non-hydrogen) atoms. The largest absolute Gasteiger partial charge is 0.393 e. The molecule has 0 radical (unpaired) electrons. The second-order valence-corrected chi connectivity index (χ2v) is 8.95. The van der Waals surface area contributed by atoms with Crippen LogP contribution < -0.4 is 15.5 Å². The van der Waals surface area contributed by atoms with Crippen LogP contribution in [-0.2, 0) is 21.7 Å². The van der Waals surface area contributed by atoms with Gasteiger partial charge in [-0.25, -0.2) is 14.8 Å². The van der Waals surface area contributed by atoms with Gasteiger partial charge >= 0.3 is 6.03 Å². The molecule has 1 fully saturated rings. The molecule has 1 aromatic carbocycles. The number of aromatic nitrogens is 2. The van der Waals surface area contributed by atoms with Crippen LogP contribution in [0, 0.1) is 0 Å². The molecule has 178 valence electrons. The summed E-state index contributed by atoms with van der Waals surface area (Å²) in [6.07, 6.45) is -0.0750. The third-order valence-electron chi connectivity index (χ3n) is 6.08. The van der Waals surface area contributed by atoms with Crippen molar-refractivity contribution >= 4 is 17.5 Å². The first-order valence-electron chi connectivity index (χ1n) is 11.5. The van der Waals surface area contributed by atoms with Crippen molar-refractivity contribution in [3.05, 3.63) is 35.5 Å². The van der Waals surface area contributed by atoms with Crippen molar-refractivity contribution in [2.45, 2.75) is 58.5 Å². The number of fused-ring (bicyclic) bond motifs is 1. The van der Waals surface area contributed by atoms with Crippen LogP contribution in [0.3, 0.4) is 0 Å². The maximum absolute atomic E-state index is 11.8. The van der Waals surface area contributed by atoms with Gasteiger partial charge in [0.2, 0.25) is 0 Å². The van der Waals surface area contributed by atoms with Gasteiger partial charge in [-0.15, -0.1) is 0 Å². The number of nitrogens with zero attached hydrogens (tertiary/aromatic N) is 3. The molecule has 0 saturated carbocycles. The lowest BCUT2D eigenvalue weighted by atomic mass is 9.93. The van der Waals surface area contributed by atoms with E-state index in [-0.39, 0.29) is 12.1 Å². The van der Waals surface area contributed by atoms with E-state index in [1.165, 1.54) is 0 Å². The number of benzene rings is 1. The van der Waals surface area contributed by atoms with Crippen molar-refractivity contribution in [3.8, 4) is 11.4 Å². The molecule has 2 aliphatic heterocycles. The number of hydrogen-bond acceptors (Lipinski definition) is 7. The Hall–Kier alpha value is -2.75. The molecular formula is C24H33N5O4. The van der Waals surface area contributed by atoms with Crippen molar-refractivity contribution in [1.29, 1.82) is 0 Å². The van der Waals surface area contributed by atoms with Crippen LogP contribution >= 0.6 is 0 Å². The van der Waals surface area contributed by atoms with Crippen molar-refractivity contribution < 1.29 is 19.4 Å². The molecular weight excluding hydrogens is 422 g/mol. The molecule has 1 unspecified atom stereocenters. The molecule has 2 aromatic rings. The van der Waals surface area contributed by atoms with Gasteiger partial charge in [-0.05, 0) is 52.0 Å². The lowest BCUT2D eigenvalue weighted by Gasteiger charge is -2.35. The average molecular weight is 456 g/mol. The normalized spacial score (nSPS) is 23.2. The highest BCUT2D eigenvalue weighted by molar-refractivity contribution is 5.89. The molecule has 4 rings (SSSR count). The van der Waals surface area contributed by atoms with E-state index in [2.05, 4.69) is 22.5 Å². The first kappa shape index (κ1) is 23.4. The molecule has 9 heteroatoms. The highest BCUT2D eigenvalue weighted by Gasteiger charge is 2.42. The van der Waals surface area contributed by atoms with E-state index in [9.17, 15) is 9.90 Å². The van der Waals surface area contributed by atoms with Crippen molar-refractivity contribution in [2.75, 3.05) is 36.5 Å². The summed E-state index contributed by atoms with van der Waals surface area (Å²) in [6, 6.07) is 7.41. The van der Waals surface area contributed by atoms with Gasteiger partial charge in [0, 0.05) is 36.3 Å². The van der Waals surface area contributed by atoms with E-state index in [4.69, 9.17) is 19.4 Å². The van der Waals surface area contributed by atoms with Crippen LogP contribution in [-0.4, -0.2) is 59.6 Å². The molecule has 2 aliphatic rings. The fourth-order valence-corrected chi connectivity index (χ4v) is 4.51. The first-order chi connectivity index (χ1) is 15.8. The van der Waals surface area contributed by atoms with Crippen molar-refractivity contribution in [3.63, 3.8) is 0 Å². The monoisotopic (exact) mass is 455 g/mol. The molecule has 1 aromatic heterocycles. The molecule has 3 atom stereocenters. The maximum atomic E-state index is 11.8. The fourth-order valence-electron chi connectivity index (χ4n) is 4.51. The summed E-state index contributed by atoms with van der Waals surface area (Å²) in [4.78, 5) is 24.0. The Bertz CT molecular complexity index is 997. The van der Waals surface area contributed by atoms with Crippen LogP contribution in [0.4, 0.5) is 16.3 Å². The minimum Gasteiger partial charge on any atom is -0.393 e. The number of ether oxygens (including phenoxy) is 2. The van der Waals surface area contributed by atoms with Gasteiger partial charge < -0.3 is 30.1 Å². The molecule has 1 saturated heterocycles. The predicted octanol–water partition coefficient (Wildman–Crippen LogP) is 3.03. The quantitative estimate of drug-likeness (QED) is 0.614. The zero-order valence-corrected chi connectivity index (χ0v) is 19.7. The molecule has 9 nitrogen and oxygen atoms in total. The number of rotatable bonds is 6. The predicted molar refractivity (Wildman–Crippen MR) is 126 cm³/mol. The zero-order valence-electron chi connectivity index (χ0n) is 19.7. The Morgan fingerprint density at radius 1 is 1.33 bits per heavy atom. The number of anilines is 2. The van der Waals surface area contributed by atoms with E-state index in [0.29, 0.717) is 44.3 Å². The Morgan fingerprint density at radius 2 is 2.09 bits per heavy atom. The van der Waals surface area contributed by atoms with Crippen molar-refractivity contribution in [1.82, 2.24) is 15.3 Å². The Labute approximate surface area is 194 Å². The van der Waals surface area contributed by atoms with Gasteiger partial charge in [-0.2, -0.15) is 0 Å². The van der Waals surface area contributed by atoms with Crippen LogP contribution in [0.25, 0.3) is 11.4 Å². The molecule has 2 amide bonds. The smallest absolute Gasteiger partial charge is 0.319 e. The first-order valence-corrected chi connectivity index (χ1v) is 11.5. The Balaban J connectivity index is 1.73. The lowest BCUT2D eigenvalue weighted by molar-refractivity contribution is -0.0547. The molecule has 3 N–H and O–H groups in total. The summed E-state index contributed by atoms with van der Waals surface area (Å²) in [7, 11) is 0. The van der Waals surface area contributed by atoms with Crippen LogP contribution in [0.15, 0.2) is 24.3 Å². The number of amides is 2. The number of aliphatic hydroxyl groups is 1. The van der Waals surface area contributed by atoms with E-state index in [0.717, 1.165) is 29.2 Å². The molecule has 3 heterocycles. The third-order valence-corrected chi connectivity index (χ3v) is 6.08. The average Bonchev–Trinajstić information content (AvgIpc) is 3.10. The highest BCUT2D eigenvalue weighted by atomic mass is 16.5. The SMILES string of the molecule is CCNC(=O)Nc1ccc(-c2nc(N3CCOC[C@@H]3C)c3c(n2)[C@@](C)(CC(C)O)OC3)cc1. The minimum absolute atomic E-state index is 0.179. The van der Waals surface area contributed by atoms with Gasteiger partial charge in [0.05, 0.1) is 37.7 Å². The number of urea groups is 1. The van der Waals surface area contributed by atoms with E-state index < -0.39 is 11.7 Å². The van der Waals surface area contributed by atoms with Gasteiger partial charge in [0.1, 0.15) is 11.4 Å². The number of nitrogens with one attached hydrogen (secondary N) is 2. The van der Waals surface area contributed by atoms with Gasteiger partial charge in [-0.1, -0.05) is 0 Å². The molecule has 0 spiro atoms. The highest BCUT2D eigenvalue weighted by Crippen LogP contribution is 2.43. The van der Waals surface area contributed by atoms with Crippen LogP contribution in [0.5, 0.6) is 0 Å². The van der Waals surface area contributed by atoms with Crippen LogP contribution in [0.1, 0.15) is 45.4 Å². The standard InChI is InChI=1S/C24H33N5O4/c1-5-25-23(31)26-18-8-6-17(7-9-18)21-27-20-19(14-33-24(20,4)12-16(3)30)22(28-21)29-10-11-32-13-15(29)2/h6-9,15-16,30H,5,10-14H2,1-4H3,(H2,25,26,31)/t15-,16?,24+/m0/s1. The topological polar surface area (TPSA) is 109 Å². The summed E-state index contributed by atoms with van der Waals surface area (Å²) >= 11 is 0. The second-order valence-electron chi connectivity index (χ2n) is 8.95. The second kappa shape index (κ2) is 9.62. The number of hydrogen-bond donors (Lipinski definition) is 3. The Morgan fingerprint density at radius 3 is 2.76 bits per heavy atom. The number of aliphatic hydroxyl groups excluding tert-OH is 1. The number of carbonyl (C=O) groups is 1. The summed E-state index contributed by atoms with van der Waals surface area (Å²) in [5, 5.41) is 15.6. The minimum atomic E-state index is -0.689. The Kier molecular flexibility index (Phi) is 6.83. The van der Waals surface area contributed by atoms with Gasteiger partial charge in [0.25, 0.3) is 0 Å². The molecule has 0 aliphatic carbocycles. The lowest BCUT2D eigenvalue weighted by Crippen LogP contribution is -2.44. The zero-order chi connectivity index (χ0) is 23.6. The summed E-state index contributed by atoms with van der Waals surface area (Å²) in [5.74, 6) is 1.46. The molecule has 0 bridgehead atoms. The number of morpholine rings is 1. The van der Waals surface area contributed by atoms with E-state index in [1.54, 1.807) is 6.92 Å². The van der Waals surface area contributed by atoms with E-state index in [1.807, 2.05) is 38.1 Å². The van der Waals surface area contributed by atoms with Crippen LogP contribution in [0.2, 0.25) is 0 Å². The van der Waals surface area contributed by atoms with Gasteiger partial charge in [-0.3, -0.25) is 0 Å². The summed E-state index contributed by atoms with van der Waals surface area (Å²) < 4.78 is 11.8. The van der Waals surface area contributed by atoms with Crippen molar-refractivity contribution in [2.24, 2.45) is 0 Å². The summed E-state index contributed by atoms with van der Waals surface area (Å²) in [5.41, 5.74) is 2.64.